The smallest absolute Gasteiger partial charge is 0.416 e. The van der Waals surface area contributed by atoms with E-state index in [1.54, 1.807) is 24.3 Å². The fraction of sp³-hybridized carbons (Fsp3) is 0.0667. The first kappa shape index (κ1) is 13.2. The first-order valence-electron chi connectivity index (χ1n) is 5.60. The van der Waals surface area contributed by atoms with Crippen molar-refractivity contribution < 1.29 is 18.3 Å². The Labute approximate surface area is 108 Å². The Balaban J connectivity index is 2.31. The number of phenolic OH excluding ortho intramolecular Hbond substituents is 1. The SMILES string of the molecule is Oc1ccc(/C=C/c2ccccc2C(F)(F)F)cc1. The van der Waals surface area contributed by atoms with Crippen LogP contribution in [-0.4, -0.2) is 5.11 Å². The van der Waals surface area contributed by atoms with Crippen molar-refractivity contribution in [2.45, 2.75) is 6.18 Å². The summed E-state index contributed by atoms with van der Waals surface area (Å²) in [7, 11) is 0. The Morgan fingerprint density at radius 2 is 1.47 bits per heavy atom. The summed E-state index contributed by atoms with van der Waals surface area (Å²) in [6, 6.07) is 11.6. The largest absolute Gasteiger partial charge is 0.508 e. The molecule has 19 heavy (non-hydrogen) atoms. The van der Waals surface area contributed by atoms with E-state index >= 15 is 0 Å². The molecule has 0 heterocycles. The van der Waals surface area contributed by atoms with Crippen LogP contribution in [0.5, 0.6) is 5.75 Å². The third-order valence-electron chi connectivity index (χ3n) is 2.61. The number of halogens is 3. The number of aromatic hydroxyl groups is 1. The molecule has 2 aromatic carbocycles. The number of hydrogen-bond donors (Lipinski definition) is 1. The second-order valence-electron chi connectivity index (χ2n) is 4.01. The van der Waals surface area contributed by atoms with Crippen LogP contribution in [0.15, 0.2) is 48.5 Å². The van der Waals surface area contributed by atoms with E-state index in [4.69, 9.17) is 5.11 Å². The third-order valence-corrected chi connectivity index (χ3v) is 2.61. The number of phenols is 1. The van der Waals surface area contributed by atoms with Crippen LogP contribution in [0.2, 0.25) is 0 Å². The molecule has 98 valence electrons. The maximum atomic E-state index is 12.8. The molecule has 2 aromatic rings. The molecule has 0 radical (unpaired) electrons. The van der Waals surface area contributed by atoms with E-state index in [-0.39, 0.29) is 11.3 Å². The summed E-state index contributed by atoms with van der Waals surface area (Å²) in [6.45, 7) is 0. The highest BCUT2D eigenvalue weighted by Crippen LogP contribution is 2.32. The quantitative estimate of drug-likeness (QED) is 0.787. The Morgan fingerprint density at radius 1 is 0.842 bits per heavy atom. The van der Waals surface area contributed by atoms with Crippen molar-refractivity contribution in [3.05, 3.63) is 65.2 Å². The third kappa shape index (κ3) is 3.37. The highest BCUT2D eigenvalue weighted by atomic mass is 19.4. The van der Waals surface area contributed by atoms with E-state index in [2.05, 4.69) is 0 Å². The fourth-order valence-corrected chi connectivity index (χ4v) is 1.67. The minimum absolute atomic E-state index is 0.114. The minimum Gasteiger partial charge on any atom is -0.508 e. The van der Waals surface area contributed by atoms with Crippen LogP contribution >= 0.6 is 0 Å². The molecule has 0 unspecified atom stereocenters. The second kappa shape index (κ2) is 5.18. The number of hydrogen-bond acceptors (Lipinski definition) is 1. The highest BCUT2D eigenvalue weighted by molar-refractivity contribution is 5.71. The van der Waals surface area contributed by atoms with Crippen LogP contribution in [0.1, 0.15) is 16.7 Å². The van der Waals surface area contributed by atoms with E-state index in [0.717, 1.165) is 11.6 Å². The molecule has 0 atom stereocenters. The van der Waals surface area contributed by atoms with E-state index in [1.165, 1.54) is 30.3 Å². The van der Waals surface area contributed by atoms with Gasteiger partial charge >= 0.3 is 6.18 Å². The average Bonchev–Trinajstić information content (AvgIpc) is 2.37. The molecule has 0 aromatic heterocycles. The zero-order valence-corrected chi connectivity index (χ0v) is 9.85. The summed E-state index contributed by atoms with van der Waals surface area (Å²) >= 11 is 0. The fourth-order valence-electron chi connectivity index (χ4n) is 1.67. The highest BCUT2D eigenvalue weighted by Gasteiger charge is 2.32. The summed E-state index contributed by atoms with van der Waals surface area (Å²) in [5.41, 5.74) is 0.169. The normalized spacial score (nSPS) is 11.9. The van der Waals surface area contributed by atoms with Crippen molar-refractivity contribution in [3.63, 3.8) is 0 Å². The first-order valence-corrected chi connectivity index (χ1v) is 5.60. The molecule has 0 aliphatic rings. The van der Waals surface area contributed by atoms with E-state index in [9.17, 15) is 13.2 Å². The van der Waals surface area contributed by atoms with Crippen LogP contribution in [0.3, 0.4) is 0 Å². The molecule has 0 aliphatic carbocycles. The van der Waals surface area contributed by atoms with Crippen LogP contribution in [-0.2, 0) is 6.18 Å². The maximum Gasteiger partial charge on any atom is 0.416 e. The van der Waals surface area contributed by atoms with Gasteiger partial charge in [0.25, 0.3) is 0 Å². The molecule has 4 heteroatoms. The lowest BCUT2D eigenvalue weighted by Crippen LogP contribution is -2.06. The molecule has 0 saturated carbocycles. The number of rotatable bonds is 2. The lowest BCUT2D eigenvalue weighted by Gasteiger charge is -2.09. The predicted octanol–water partition coefficient (Wildman–Crippen LogP) is 4.58. The van der Waals surface area contributed by atoms with Gasteiger partial charge in [0.2, 0.25) is 0 Å². The Hall–Kier alpha value is -2.23. The molecule has 2 rings (SSSR count). The molecule has 0 amide bonds. The van der Waals surface area contributed by atoms with Gasteiger partial charge in [-0.1, -0.05) is 42.5 Å². The van der Waals surface area contributed by atoms with Gasteiger partial charge in [-0.15, -0.1) is 0 Å². The van der Waals surface area contributed by atoms with Gasteiger partial charge in [-0.05, 0) is 29.3 Å². The zero-order valence-electron chi connectivity index (χ0n) is 9.85. The van der Waals surface area contributed by atoms with E-state index in [0.29, 0.717) is 0 Å². The van der Waals surface area contributed by atoms with Gasteiger partial charge in [-0.2, -0.15) is 13.2 Å². The van der Waals surface area contributed by atoms with Crippen LogP contribution in [0.25, 0.3) is 12.2 Å². The molecule has 1 N–H and O–H groups in total. The molecular formula is C15H11F3O. The van der Waals surface area contributed by atoms with Crippen LogP contribution in [0.4, 0.5) is 13.2 Å². The minimum atomic E-state index is -4.37. The summed E-state index contributed by atoms with van der Waals surface area (Å²) < 4.78 is 38.3. The van der Waals surface area contributed by atoms with Gasteiger partial charge in [-0.25, -0.2) is 0 Å². The van der Waals surface area contributed by atoms with Gasteiger partial charge in [0.05, 0.1) is 5.56 Å². The molecular weight excluding hydrogens is 253 g/mol. The lowest BCUT2D eigenvalue weighted by atomic mass is 10.1. The zero-order chi connectivity index (χ0) is 13.9. The summed E-state index contributed by atoms with van der Waals surface area (Å²) in [6.07, 6.45) is -1.38. The Kier molecular flexibility index (Phi) is 3.60. The van der Waals surface area contributed by atoms with Crippen molar-refractivity contribution in [1.82, 2.24) is 0 Å². The van der Waals surface area contributed by atoms with Crippen LogP contribution in [0, 0.1) is 0 Å². The van der Waals surface area contributed by atoms with Gasteiger partial charge < -0.3 is 5.11 Å². The number of benzene rings is 2. The summed E-state index contributed by atoms with van der Waals surface area (Å²) in [4.78, 5) is 0. The first-order chi connectivity index (χ1) is 8.97. The Bertz CT molecular complexity index is 583. The summed E-state index contributed by atoms with van der Waals surface area (Å²) in [5, 5.41) is 9.12. The standard InChI is InChI=1S/C15H11F3O/c16-15(17,18)14-4-2-1-3-12(14)8-5-11-6-9-13(19)10-7-11/h1-10,19H/b8-5+. The molecule has 0 fully saturated rings. The van der Waals surface area contributed by atoms with Crippen molar-refractivity contribution in [1.29, 1.82) is 0 Å². The molecule has 0 saturated heterocycles. The number of alkyl halides is 3. The Morgan fingerprint density at radius 3 is 2.11 bits per heavy atom. The van der Waals surface area contributed by atoms with E-state index in [1.807, 2.05) is 0 Å². The van der Waals surface area contributed by atoms with E-state index < -0.39 is 11.7 Å². The van der Waals surface area contributed by atoms with Gasteiger partial charge in [-0.3, -0.25) is 0 Å². The molecule has 0 bridgehead atoms. The summed E-state index contributed by atoms with van der Waals surface area (Å²) in [5.74, 6) is 0.118. The van der Waals surface area contributed by atoms with Crippen molar-refractivity contribution >= 4 is 12.2 Å². The maximum absolute atomic E-state index is 12.8. The van der Waals surface area contributed by atoms with Crippen molar-refractivity contribution in [2.24, 2.45) is 0 Å². The molecule has 1 nitrogen and oxygen atoms in total. The monoisotopic (exact) mass is 264 g/mol. The lowest BCUT2D eigenvalue weighted by molar-refractivity contribution is -0.137. The molecule has 0 spiro atoms. The van der Waals surface area contributed by atoms with Gasteiger partial charge in [0, 0.05) is 0 Å². The second-order valence-corrected chi connectivity index (χ2v) is 4.01. The van der Waals surface area contributed by atoms with Crippen LogP contribution < -0.4 is 0 Å². The van der Waals surface area contributed by atoms with Gasteiger partial charge in [0.1, 0.15) is 5.75 Å². The van der Waals surface area contributed by atoms with Gasteiger partial charge in [0.15, 0.2) is 0 Å². The average molecular weight is 264 g/mol. The predicted molar refractivity (Wildman–Crippen MR) is 68.5 cm³/mol. The van der Waals surface area contributed by atoms with Crippen molar-refractivity contribution in [2.75, 3.05) is 0 Å². The molecule has 0 aliphatic heterocycles. The van der Waals surface area contributed by atoms with Crippen molar-refractivity contribution in [3.8, 4) is 5.75 Å². The topological polar surface area (TPSA) is 20.2 Å².